The summed E-state index contributed by atoms with van der Waals surface area (Å²) in [6, 6.07) is 9.80. The molecule has 0 aromatic carbocycles. The molecule has 0 aliphatic carbocycles. The van der Waals surface area contributed by atoms with Crippen molar-refractivity contribution in [1.82, 2.24) is 39.2 Å². The summed E-state index contributed by atoms with van der Waals surface area (Å²) >= 11 is 0. The van der Waals surface area contributed by atoms with E-state index >= 15 is 0 Å². The van der Waals surface area contributed by atoms with E-state index in [1.165, 1.54) is 0 Å². The van der Waals surface area contributed by atoms with Gasteiger partial charge < -0.3 is 4.57 Å². The van der Waals surface area contributed by atoms with Gasteiger partial charge in [0.25, 0.3) is 0 Å². The number of imidazole rings is 1. The first-order valence-electron chi connectivity index (χ1n) is 9.31. The number of fused-ring (bicyclic) bond motifs is 1. The first kappa shape index (κ1) is 16.8. The Balaban J connectivity index is 1.44. The SMILES string of the molecule is c1ccc(-c2nc(CN3CCn4ccnc4C3)n(Cc3ccncc3)n2)nc1. The normalized spacial score (nSPS) is 14.1. The number of hydrogen-bond acceptors (Lipinski definition) is 6. The summed E-state index contributed by atoms with van der Waals surface area (Å²) in [5, 5.41) is 4.75. The molecule has 0 atom stereocenters. The molecule has 0 amide bonds. The van der Waals surface area contributed by atoms with Crippen LogP contribution in [-0.4, -0.2) is 45.7 Å². The number of hydrogen-bond donors (Lipinski definition) is 0. The second-order valence-electron chi connectivity index (χ2n) is 6.83. The van der Waals surface area contributed by atoms with Crippen LogP contribution in [0.1, 0.15) is 17.2 Å². The van der Waals surface area contributed by atoms with Crippen LogP contribution >= 0.6 is 0 Å². The lowest BCUT2D eigenvalue weighted by Crippen LogP contribution is -2.34. The Morgan fingerprint density at radius 2 is 1.82 bits per heavy atom. The number of aromatic nitrogens is 7. The van der Waals surface area contributed by atoms with Crippen LogP contribution in [0, 0.1) is 0 Å². The summed E-state index contributed by atoms with van der Waals surface area (Å²) in [4.78, 5) is 20.1. The summed E-state index contributed by atoms with van der Waals surface area (Å²) in [5.41, 5.74) is 1.93. The molecule has 0 N–H and O–H groups in total. The Bertz CT molecular complexity index is 1050. The molecule has 0 unspecified atom stereocenters. The molecule has 0 saturated carbocycles. The van der Waals surface area contributed by atoms with Crippen molar-refractivity contribution in [2.75, 3.05) is 6.54 Å². The van der Waals surface area contributed by atoms with Gasteiger partial charge in [0.1, 0.15) is 17.3 Å². The van der Waals surface area contributed by atoms with Gasteiger partial charge in [0, 0.05) is 44.1 Å². The molecule has 28 heavy (non-hydrogen) atoms. The molecule has 4 aromatic heterocycles. The van der Waals surface area contributed by atoms with Gasteiger partial charge in [0.2, 0.25) is 0 Å². The summed E-state index contributed by atoms with van der Waals surface area (Å²) in [6.07, 6.45) is 9.27. The lowest BCUT2D eigenvalue weighted by molar-refractivity contribution is 0.201. The van der Waals surface area contributed by atoms with E-state index in [9.17, 15) is 0 Å². The number of nitrogens with zero attached hydrogens (tertiary/aromatic N) is 8. The average molecular weight is 372 g/mol. The molecule has 8 heteroatoms. The summed E-state index contributed by atoms with van der Waals surface area (Å²) in [5.74, 6) is 2.68. The van der Waals surface area contributed by atoms with Crippen LogP contribution in [0.3, 0.4) is 0 Å². The minimum Gasteiger partial charge on any atom is -0.333 e. The highest BCUT2D eigenvalue weighted by Crippen LogP contribution is 2.17. The van der Waals surface area contributed by atoms with Crippen molar-refractivity contribution in [3.63, 3.8) is 0 Å². The monoisotopic (exact) mass is 372 g/mol. The first-order chi connectivity index (χ1) is 13.8. The minimum atomic E-state index is 0.653. The third-order valence-corrected chi connectivity index (χ3v) is 4.91. The fraction of sp³-hybridized carbons (Fsp3) is 0.250. The number of rotatable bonds is 5. The highest BCUT2D eigenvalue weighted by molar-refractivity contribution is 5.47. The summed E-state index contributed by atoms with van der Waals surface area (Å²) in [7, 11) is 0. The standard InChI is InChI=1S/C20H20N8/c1-2-6-22-17(3-1)20-24-19(28(25-20)13-16-4-7-21-8-5-16)15-26-11-12-27-10-9-23-18(27)14-26/h1-10H,11-15H2. The predicted octanol–water partition coefficient (Wildman–Crippen LogP) is 2.00. The van der Waals surface area contributed by atoms with Gasteiger partial charge in [-0.3, -0.25) is 14.9 Å². The Hall–Kier alpha value is -3.39. The van der Waals surface area contributed by atoms with Crippen molar-refractivity contribution in [3.8, 4) is 11.5 Å². The molecule has 1 aliphatic rings. The van der Waals surface area contributed by atoms with Crippen LogP contribution in [0.5, 0.6) is 0 Å². The molecule has 4 aromatic rings. The van der Waals surface area contributed by atoms with Crippen LogP contribution in [-0.2, 0) is 26.2 Å². The Morgan fingerprint density at radius 1 is 0.893 bits per heavy atom. The maximum Gasteiger partial charge on any atom is 0.200 e. The Morgan fingerprint density at radius 3 is 2.68 bits per heavy atom. The minimum absolute atomic E-state index is 0.653. The van der Waals surface area contributed by atoms with Gasteiger partial charge in [0.05, 0.1) is 19.6 Å². The Kier molecular flexibility index (Phi) is 4.38. The van der Waals surface area contributed by atoms with Crippen LogP contribution in [0.15, 0.2) is 61.3 Å². The van der Waals surface area contributed by atoms with Gasteiger partial charge in [-0.05, 0) is 29.8 Å². The van der Waals surface area contributed by atoms with E-state index in [-0.39, 0.29) is 0 Å². The zero-order valence-electron chi connectivity index (χ0n) is 15.4. The third kappa shape index (κ3) is 3.41. The smallest absolute Gasteiger partial charge is 0.200 e. The molecule has 5 rings (SSSR count). The highest BCUT2D eigenvalue weighted by atomic mass is 15.4. The largest absolute Gasteiger partial charge is 0.333 e. The zero-order chi connectivity index (χ0) is 18.8. The van der Waals surface area contributed by atoms with Crippen LogP contribution < -0.4 is 0 Å². The van der Waals surface area contributed by atoms with Crippen molar-refractivity contribution < 1.29 is 0 Å². The van der Waals surface area contributed by atoms with Crippen molar-refractivity contribution in [3.05, 3.63) is 78.5 Å². The van der Waals surface area contributed by atoms with Gasteiger partial charge in [-0.25, -0.2) is 14.6 Å². The molecule has 0 radical (unpaired) electrons. The van der Waals surface area contributed by atoms with Gasteiger partial charge >= 0.3 is 0 Å². The lowest BCUT2D eigenvalue weighted by atomic mass is 10.3. The van der Waals surface area contributed by atoms with E-state index in [2.05, 4.69) is 24.4 Å². The Labute approximate surface area is 162 Å². The second-order valence-corrected chi connectivity index (χ2v) is 6.83. The second kappa shape index (κ2) is 7.32. The van der Waals surface area contributed by atoms with Crippen LogP contribution in [0.4, 0.5) is 0 Å². The van der Waals surface area contributed by atoms with Gasteiger partial charge in [-0.1, -0.05) is 6.07 Å². The van der Waals surface area contributed by atoms with E-state index in [1.54, 1.807) is 18.6 Å². The van der Waals surface area contributed by atoms with Crippen LogP contribution in [0.2, 0.25) is 0 Å². The molecule has 5 heterocycles. The average Bonchev–Trinajstić information content (AvgIpc) is 3.36. The lowest BCUT2D eigenvalue weighted by Gasteiger charge is -2.27. The maximum atomic E-state index is 4.82. The molecule has 0 saturated heterocycles. The molecule has 140 valence electrons. The van der Waals surface area contributed by atoms with E-state index < -0.39 is 0 Å². The van der Waals surface area contributed by atoms with E-state index in [4.69, 9.17) is 10.1 Å². The fourth-order valence-corrected chi connectivity index (χ4v) is 3.44. The molecule has 0 bridgehead atoms. The molecule has 1 aliphatic heterocycles. The van der Waals surface area contributed by atoms with Gasteiger partial charge in [-0.15, -0.1) is 5.10 Å². The van der Waals surface area contributed by atoms with Gasteiger partial charge in [-0.2, -0.15) is 0 Å². The maximum absolute atomic E-state index is 4.82. The first-order valence-corrected chi connectivity index (χ1v) is 9.31. The van der Waals surface area contributed by atoms with Crippen LogP contribution in [0.25, 0.3) is 11.5 Å². The third-order valence-electron chi connectivity index (χ3n) is 4.91. The quantitative estimate of drug-likeness (QED) is 0.533. The molecular formula is C20H20N8. The molecular weight excluding hydrogens is 352 g/mol. The van der Waals surface area contributed by atoms with E-state index in [0.717, 1.165) is 49.1 Å². The van der Waals surface area contributed by atoms with Crippen molar-refractivity contribution in [1.29, 1.82) is 0 Å². The highest BCUT2D eigenvalue weighted by Gasteiger charge is 2.20. The topological polar surface area (TPSA) is 77.5 Å². The molecule has 0 spiro atoms. The summed E-state index contributed by atoms with van der Waals surface area (Å²) in [6.45, 7) is 4.09. The molecule has 8 nitrogen and oxygen atoms in total. The fourth-order valence-electron chi connectivity index (χ4n) is 3.44. The van der Waals surface area contributed by atoms with Crippen molar-refractivity contribution in [2.24, 2.45) is 0 Å². The molecule has 0 fully saturated rings. The van der Waals surface area contributed by atoms with E-state index in [1.807, 2.05) is 47.4 Å². The number of pyridine rings is 2. The predicted molar refractivity (Wildman–Crippen MR) is 103 cm³/mol. The summed E-state index contributed by atoms with van der Waals surface area (Å²) < 4.78 is 4.18. The van der Waals surface area contributed by atoms with Gasteiger partial charge in [0.15, 0.2) is 5.82 Å². The van der Waals surface area contributed by atoms with E-state index in [0.29, 0.717) is 12.4 Å². The van der Waals surface area contributed by atoms with Crippen molar-refractivity contribution in [2.45, 2.75) is 26.2 Å². The van der Waals surface area contributed by atoms with Crippen molar-refractivity contribution >= 4 is 0 Å². The zero-order valence-corrected chi connectivity index (χ0v) is 15.4.